The lowest BCUT2D eigenvalue weighted by atomic mass is 10.3. The van der Waals surface area contributed by atoms with Crippen molar-refractivity contribution < 1.29 is 13.7 Å². The Balaban J connectivity index is 2.06. The number of hydrogen-bond donors (Lipinski definition) is 1. The van der Waals surface area contributed by atoms with Crippen LogP contribution in [0.4, 0.5) is 0 Å². The van der Waals surface area contributed by atoms with Crippen LogP contribution >= 0.6 is 0 Å². The van der Waals surface area contributed by atoms with Crippen molar-refractivity contribution in [2.24, 2.45) is 5.73 Å². The second-order valence-corrected chi connectivity index (χ2v) is 5.29. The van der Waals surface area contributed by atoms with Gasteiger partial charge in [0.25, 0.3) is 0 Å². The second-order valence-electron chi connectivity index (χ2n) is 3.84. The van der Waals surface area contributed by atoms with Crippen molar-refractivity contribution in [1.29, 1.82) is 0 Å². The molecule has 1 amide bonds. The molecule has 4 nitrogen and oxygen atoms in total. The van der Waals surface area contributed by atoms with Crippen molar-refractivity contribution in [3.63, 3.8) is 0 Å². The van der Waals surface area contributed by atoms with Crippen LogP contribution in [0.1, 0.15) is 0 Å². The number of nitrogens with two attached hydrogens (primary N) is 1. The highest BCUT2D eigenvalue weighted by Crippen LogP contribution is 2.22. The monoisotopic (exact) mass is 275 g/mol. The maximum absolute atomic E-state index is 11.7. The smallest absolute Gasteiger partial charge is 0.230 e. The fourth-order valence-electron chi connectivity index (χ4n) is 1.50. The van der Waals surface area contributed by atoms with Crippen molar-refractivity contribution in [1.82, 2.24) is 0 Å². The molecule has 2 aromatic rings. The summed E-state index contributed by atoms with van der Waals surface area (Å²) >= 11 is 0. The van der Waals surface area contributed by atoms with Gasteiger partial charge in [-0.3, -0.25) is 9.00 Å². The van der Waals surface area contributed by atoms with Crippen LogP contribution in [0.5, 0.6) is 11.5 Å². The topological polar surface area (TPSA) is 69.4 Å². The van der Waals surface area contributed by atoms with Gasteiger partial charge in [-0.15, -0.1) is 0 Å². The average molecular weight is 275 g/mol. The fraction of sp³-hybridized carbons (Fsp3) is 0.0714. The molecular weight excluding hydrogens is 262 g/mol. The van der Waals surface area contributed by atoms with Gasteiger partial charge in [-0.1, -0.05) is 18.2 Å². The van der Waals surface area contributed by atoms with Gasteiger partial charge in [0.05, 0.1) is 10.8 Å². The minimum Gasteiger partial charge on any atom is -0.457 e. The zero-order valence-corrected chi connectivity index (χ0v) is 10.9. The van der Waals surface area contributed by atoms with E-state index in [0.29, 0.717) is 10.6 Å². The molecule has 1 unspecified atom stereocenters. The summed E-state index contributed by atoms with van der Waals surface area (Å²) in [7, 11) is -1.40. The molecule has 0 aliphatic rings. The van der Waals surface area contributed by atoms with Crippen molar-refractivity contribution in [2.75, 3.05) is 5.75 Å². The highest BCUT2D eigenvalue weighted by atomic mass is 32.2. The summed E-state index contributed by atoms with van der Waals surface area (Å²) in [5.41, 5.74) is 5.01. The van der Waals surface area contributed by atoms with Crippen LogP contribution in [-0.2, 0) is 15.6 Å². The summed E-state index contributed by atoms with van der Waals surface area (Å²) in [4.78, 5) is 11.3. The molecule has 0 heterocycles. The molecule has 5 heteroatoms. The Morgan fingerprint density at radius 3 is 2.16 bits per heavy atom. The molecule has 0 fully saturated rings. The summed E-state index contributed by atoms with van der Waals surface area (Å²) in [5, 5.41) is 0. The molecule has 0 aliphatic heterocycles. The first-order valence-electron chi connectivity index (χ1n) is 5.65. The lowest BCUT2D eigenvalue weighted by Crippen LogP contribution is -2.19. The number of primary amides is 1. The maximum atomic E-state index is 11.7. The zero-order valence-electron chi connectivity index (χ0n) is 10.1. The number of benzene rings is 2. The first-order valence-corrected chi connectivity index (χ1v) is 6.97. The van der Waals surface area contributed by atoms with E-state index in [0.717, 1.165) is 5.75 Å². The van der Waals surface area contributed by atoms with E-state index in [4.69, 9.17) is 10.5 Å². The number of carbonyl (C=O) groups excluding carboxylic acids is 1. The minimum absolute atomic E-state index is 0.168. The number of hydrogen-bond acceptors (Lipinski definition) is 3. The number of para-hydroxylation sites is 1. The quantitative estimate of drug-likeness (QED) is 0.908. The van der Waals surface area contributed by atoms with Crippen LogP contribution < -0.4 is 10.5 Å². The minimum atomic E-state index is -1.40. The van der Waals surface area contributed by atoms with Gasteiger partial charge >= 0.3 is 0 Å². The Labute approximate surface area is 113 Å². The Morgan fingerprint density at radius 1 is 1.00 bits per heavy atom. The van der Waals surface area contributed by atoms with Gasteiger partial charge in [-0.05, 0) is 36.4 Å². The van der Waals surface area contributed by atoms with Crippen LogP contribution in [0, 0.1) is 0 Å². The van der Waals surface area contributed by atoms with E-state index < -0.39 is 16.7 Å². The number of carbonyl (C=O) groups is 1. The molecule has 0 radical (unpaired) electrons. The Hall–Kier alpha value is -2.14. The van der Waals surface area contributed by atoms with Gasteiger partial charge in [0.1, 0.15) is 17.3 Å². The van der Waals surface area contributed by atoms with E-state index in [-0.39, 0.29) is 5.75 Å². The molecule has 0 saturated carbocycles. The molecule has 1 atom stereocenters. The predicted molar refractivity (Wildman–Crippen MR) is 73.4 cm³/mol. The van der Waals surface area contributed by atoms with Crippen LogP contribution in [0.2, 0.25) is 0 Å². The summed E-state index contributed by atoms with van der Waals surface area (Å²) in [5.74, 6) is 0.626. The third-order valence-electron chi connectivity index (χ3n) is 2.34. The lowest BCUT2D eigenvalue weighted by molar-refractivity contribution is -0.115. The van der Waals surface area contributed by atoms with Crippen LogP contribution in [0.3, 0.4) is 0 Å². The van der Waals surface area contributed by atoms with Gasteiger partial charge in [0.15, 0.2) is 0 Å². The number of ether oxygens (including phenoxy) is 1. The van der Waals surface area contributed by atoms with Crippen molar-refractivity contribution in [3.8, 4) is 11.5 Å². The molecule has 98 valence electrons. The highest BCUT2D eigenvalue weighted by molar-refractivity contribution is 7.85. The van der Waals surface area contributed by atoms with Gasteiger partial charge in [-0.25, -0.2) is 0 Å². The molecule has 0 bridgehead atoms. The van der Waals surface area contributed by atoms with Crippen LogP contribution in [0.25, 0.3) is 0 Å². The molecule has 0 aliphatic carbocycles. The zero-order chi connectivity index (χ0) is 13.7. The Morgan fingerprint density at radius 2 is 1.58 bits per heavy atom. The van der Waals surface area contributed by atoms with Crippen molar-refractivity contribution in [2.45, 2.75) is 4.90 Å². The summed E-state index contributed by atoms with van der Waals surface area (Å²) < 4.78 is 17.3. The first-order chi connectivity index (χ1) is 9.15. The first kappa shape index (κ1) is 13.3. The van der Waals surface area contributed by atoms with Gasteiger partial charge in [-0.2, -0.15) is 0 Å². The van der Waals surface area contributed by atoms with Crippen molar-refractivity contribution >= 4 is 16.7 Å². The van der Waals surface area contributed by atoms with E-state index in [1.54, 1.807) is 24.3 Å². The third-order valence-corrected chi connectivity index (χ3v) is 3.68. The van der Waals surface area contributed by atoms with E-state index in [2.05, 4.69) is 0 Å². The van der Waals surface area contributed by atoms with Crippen LogP contribution in [-0.4, -0.2) is 15.9 Å². The normalized spacial score (nSPS) is 11.8. The standard InChI is InChI=1S/C14H13NO3S/c15-14(16)10-19(17)13-8-6-12(7-9-13)18-11-4-2-1-3-5-11/h1-9H,10H2,(H2,15,16). The maximum Gasteiger partial charge on any atom is 0.230 e. The average Bonchev–Trinajstić information content (AvgIpc) is 2.40. The molecule has 2 rings (SSSR count). The second kappa shape index (κ2) is 6.15. The summed E-state index contributed by atoms with van der Waals surface area (Å²) in [6, 6.07) is 16.1. The molecule has 2 aromatic carbocycles. The summed E-state index contributed by atoms with van der Waals surface area (Å²) in [6.45, 7) is 0. The van der Waals surface area contributed by atoms with E-state index in [1.807, 2.05) is 30.3 Å². The number of rotatable bonds is 5. The number of amides is 1. The molecule has 0 spiro atoms. The van der Waals surface area contributed by atoms with E-state index >= 15 is 0 Å². The largest absolute Gasteiger partial charge is 0.457 e. The molecule has 19 heavy (non-hydrogen) atoms. The highest BCUT2D eigenvalue weighted by Gasteiger charge is 2.07. The Kier molecular flexibility index (Phi) is 4.30. The van der Waals surface area contributed by atoms with Crippen molar-refractivity contribution in [3.05, 3.63) is 54.6 Å². The molecule has 0 saturated heterocycles. The van der Waals surface area contributed by atoms with E-state index in [1.165, 1.54) is 0 Å². The Bertz CT molecular complexity index is 581. The van der Waals surface area contributed by atoms with Gasteiger partial charge < -0.3 is 10.5 Å². The molecular formula is C14H13NO3S. The fourth-order valence-corrected chi connectivity index (χ4v) is 2.36. The SMILES string of the molecule is NC(=O)CS(=O)c1ccc(Oc2ccccc2)cc1. The molecule has 2 N–H and O–H groups in total. The lowest BCUT2D eigenvalue weighted by Gasteiger charge is -2.06. The molecule has 0 aromatic heterocycles. The predicted octanol–water partition coefficient (Wildman–Crippen LogP) is 2.07. The van der Waals surface area contributed by atoms with Crippen LogP contribution in [0.15, 0.2) is 59.5 Å². The third kappa shape index (κ3) is 3.93. The summed E-state index contributed by atoms with van der Waals surface area (Å²) in [6.07, 6.45) is 0. The van der Waals surface area contributed by atoms with Gasteiger partial charge in [0.2, 0.25) is 5.91 Å². The van der Waals surface area contributed by atoms with Gasteiger partial charge in [0, 0.05) is 4.90 Å². The van der Waals surface area contributed by atoms with E-state index in [9.17, 15) is 9.00 Å².